The lowest BCUT2D eigenvalue weighted by Gasteiger charge is -2.03. The Morgan fingerprint density at radius 1 is 1.47 bits per heavy atom. The van der Waals surface area contributed by atoms with Crippen LogP contribution in [0.25, 0.3) is 5.69 Å². The summed E-state index contributed by atoms with van der Waals surface area (Å²) in [6.07, 6.45) is 1.37. The van der Waals surface area contributed by atoms with Crippen molar-refractivity contribution in [3.63, 3.8) is 0 Å². The number of amides is 1. The van der Waals surface area contributed by atoms with E-state index in [2.05, 4.69) is 5.10 Å². The van der Waals surface area contributed by atoms with E-state index in [0.29, 0.717) is 0 Å². The maximum absolute atomic E-state index is 13.7. The number of nitrogens with zero attached hydrogens (tertiary/aromatic N) is 2. The second-order valence-corrected chi connectivity index (χ2v) is 3.74. The molecule has 4 N–H and O–H groups in total. The molecule has 0 saturated heterocycles. The zero-order chi connectivity index (χ0) is 12.6. The third kappa shape index (κ3) is 2.07. The van der Waals surface area contributed by atoms with Crippen molar-refractivity contribution >= 4 is 23.3 Å². The fourth-order valence-corrected chi connectivity index (χ4v) is 1.47. The summed E-state index contributed by atoms with van der Waals surface area (Å²) in [7, 11) is 0. The fraction of sp³-hybridized carbons (Fsp3) is 0. The molecule has 0 atom stereocenters. The van der Waals surface area contributed by atoms with Crippen molar-refractivity contribution in [2.75, 3.05) is 5.73 Å². The number of halogens is 2. The molecule has 0 aliphatic carbocycles. The topological polar surface area (TPSA) is 86.9 Å². The Labute approximate surface area is 101 Å². The average Bonchev–Trinajstić information content (AvgIpc) is 2.58. The summed E-state index contributed by atoms with van der Waals surface area (Å²) in [6.45, 7) is 0. The van der Waals surface area contributed by atoms with Gasteiger partial charge in [0, 0.05) is 5.56 Å². The molecule has 0 saturated carbocycles. The molecule has 1 aromatic heterocycles. The molecule has 0 aliphatic heterocycles. The van der Waals surface area contributed by atoms with Crippen LogP contribution in [0.5, 0.6) is 0 Å². The Hall–Kier alpha value is -2.08. The molecule has 0 bridgehead atoms. The van der Waals surface area contributed by atoms with E-state index >= 15 is 0 Å². The van der Waals surface area contributed by atoms with Crippen molar-refractivity contribution in [2.24, 2.45) is 5.73 Å². The van der Waals surface area contributed by atoms with Crippen LogP contribution in [0.2, 0.25) is 5.02 Å². The van der Waals surface area contributed by atoms with Gasteiger partial charge >= 0.3 is 0 Å². The number of rotatable bonds is 2. The molecule has 0 radical (unpaired) electrons. The molecule has 0 fully saturated rings. The lowest BCUT2D eigenvalue weighted by molar-refractivity contribution is 0.1000. The van der Waals surface area contributed by atoms with Gasteiger partial charge in [0.2, 0.25) is 5.91 Å². The minimum Gasteiger partial charge on any atom is -0.381 e. The van der Waals surface area contributed by atoms with Crippen LogP contribution in [0, 0.1) is 5.82 Å². The highest BCUT2D eigenvalue weighted by Gasteiger charge is 2.11. The van der Waals surface area contributed by atoms with Crippen LogP contribution in [0.1, 0.15) is 10.4 Å². The van der Waals surface area contributed by atoms with Crippen molar-refractivity contribution in [3.05, 3.63) is 40.8 Å². The van der Waals surface area contributed by atoms with Crippen LogP contribution < -0.4 is 11.5 Å². The summed E-state index contributed by atoms with van der Waals surface area (Å²) in [5.74, 6) is -1.24. The summed E-state index contributed by atoms with van der Waals surface area (Å²) < 4.78 is 14.9. The first kappa shape index (κ1) is 11.4. The van der Waals surface area contributed by atoms with Crippen molar-refractivity contribution in [1.29, 1.82) is 0 Å². The van der Waals surface area contributed by atoms with Crippen molar-refractivity contribution in [2.45, 2.75) is 0 Å². The maximum atomic E-state index is 13.7. The Morgan fingerprint density at radius 3 is 2.65 bits per heavy atom. The van der Waals surface area contributed by atoms with Gasteiger partial charge < -0.3 is 11.5 Å². The molecule has 7 heteroatoms. The second kappa shape index (κ2) is 4.06. The van der Waals surface area contributed by atoms with Crippen LogP contribution in [-0.2, 0) is 0 Å². The first-order valence-corrected chi connectivity index (χ1v) is 4.97. The molecule has 1 aromatic carbocycles. The number of carbonyl (C=O) groups is 1. The summed E-state index contributed by atoms with van der Waals surface area (Å²) >= 11 is 5.71. The summed E-state index contributed by atoms with van der Waals surface area (Å²) in [5, 5.41) is 4.05. The SMILES string of the molecule is NC(=O)c1ccc(-n2cc(Cl)c(N)n2)c(F)c1. The summed E-state index contributed by atoms with van der Waals surface area (Å²) in [5.41, 5.74) is 10.7. The van der Waals surface area contributed by atoms with Gasteiger partial charge in [-0.05, 0) is 18.2 Å². The van der Waals surface area contributed by atoms with Gasteiger partial charge in [-0.3, -0.25) is 4.79 Å². The second-order valence-electron chi connectivity index (χ2n) is 3.34. The van der Waals surface area contributed by atoms with Gasteiger partial charge in [-0.25, -0.2) is 9.07 Å². The van der Waals surface area contributed by atoms with Crippen molar-refractivity contribution in [3.8, 4) is 5.69 Å². The largest absolute Gasteiger partial charge is 0.381 e. The molecule has 2 aromatic rings. The first-order chi connectivity index (χ1) is 7.99. The lowest BCUT2D eigenvalue weighted by Crippen LogP contribution is -2.12. The molecule has 5 nitrogen and oxygen atoms in total. The van der Waals surface area contributed by atoms with Crippen molar-refractivity contribution in [1.82, 2.24) is 9.78 Å². The zero-order valence-electron chi connectivity index (χ0n) is 8.52. The van der Waals surface area contributed by atoms with Crippen LogP contribution >= 0.6 is 11.6 Å². The van der Waals surface area contributed by atoms with Gasteiger partial charge in [0.1, 0.15) is 16.5 Å². The standard InChI is InChI=1S/C10H8ClFN4O/c11-6-4-16(15-9(6)13)8-2-1-5(10(14)17)3-7(8)12/h1-4H,(H2,13,15)(H2,14,17). The molecular formula is C10H8ClFN4O. The number of hydrogen-bond donors (Lipinski definition) is 2. The highest BCUT2D eigenvalue weighted by Crippen LogP contribution is 2.21. The normalized spacial score (nSPS) is 10.5. The molecular weight excluding hydrogens is 247 g/mol. The average molecular weight is 255 g/mol. The Morgan fingerprint density at radius 2 is 2.18 bits per heavy atom. The summed E-state index contributed by atoms with van der Waals surface area (Å²) in [4.78, 5) is 10.9. The van der Waals surface area contributed by atoms with E-state index in [1.807, 2.05) is 0 Å². The van der Waals surface area contributed by atoms with E-state index in [9.17, 15) is 9.18 Å². The van der Waals surface area contributed by atoms with Gasteiger partial charge in [-0.1, -0.05) is 11.6 Å². The number of carbonyl (C=O) groups excluding carboxylic acids is 1. The number of nitrogens with two attached hydrogens (primary N) is 2. The lowest BCUT2D eigenvalue weighted by atomic mass is 10.2. The van der Waals surface area contributed by atoms with Crippen molar-refractivity contribution < 1.29 is 9.18 Å². The number of benzene rings is 1. The summed E-state index contributed by atoms with van der Waals surface area (Å²) in [6, 6.07) is 3.80. The molecule has 17 heavy (non-hydrogen) atoms. The molecule has 1 heterocycles. The Kier molecular flexibility index (Phi) is 2.72. The Bertz CT molecular complexity index is 576. The number of primary amides is 1. The van der Waals surface area contributed by atoms with E-state index in [4.69, 9.17) is 23.1 Å². The minimum atomic E-state index is -0.700. The van der Waals surface area contributed by atoms with E-state index in [0.717, 1.165) is 6.07 Å². The number of anilines is 1. The monoisotopic (exact) mass is 254 g/mol. The third-order valence-electron chi connectivity index (χ3n) is 2.17. The Balaban J connectivity index is 2.50. The molecule has 88 valence electrons. The van der Waals surface area contributed by atoms with Gasteiger partial charge in [-0.2, -0.15) is 0 Å². The van der Waals surface area contributed by atoms with Gasteiger partial charge in [-0.15, -0.1) is 5.10 Å². The maximum Gasteiger partial charge on any atom is 0.248 e. The molecule has 0 aliphatic rings. The van der Waals surface area contributed by atoms with Crippen LogP contribution in [0.15, 0.2) is 24.4 Å². The van der Waals surface area contributed by atoms with E-state index in [-0.39, 0.29) is 22.1 Å². The molecule has 1 amide bonds. The smallest absolute Gasteiger partial charge is 0.248 e. The minimum absolute atomic E-state index is 0.0810. The highest BCUT2D eigenvalue weighted by molar-refractivity contribution is 6.32. The number of aromatic nitrogens is 2. The van der Waals surface area contributed by atoms with Gasteiger partial charge in [0.25, 0.3) is 0 Å². The van der Waals surface area contributed by atoms with Crippen LogP contribution in [0.4, 0.5) is 10.2 Å². The number of nitrogen functional groups attached to an aromatic ring is 1. The fourth-order valence-electron chi connectivity index (χ4n) is 1.34. The third-order valence-corrected chi connectivity index (χ3v) is 2.47. The molecule has 0 unspecified atom stereocenters. The zero-order valence-corrected chi connectivity index (χ0v) is 9.28. The van der Waals surface area contributed by atoms with Crippen LogP contribution in [0.3, 0.4) is 0 Å². The van der Waals surface area contributed by atoms with Gasteiger partial charge in [0.05, 0.1) is 6.20 Å². The highest BCUT2D eigenvalue weighted by atomic mass is 35.5. The van der Waals surface area contributed by atoms with E-state index in [1.54, 1.807) is 0 Å². The predicted molar refractivity (Wildman–Crippen MR) is 61.5 cm³/mol. The first-order valence-electron chi connectivity index (χ1n) is 4.59. The molecule has 2 rings (SSSR count). The van der Waals surface area contributed by atoms with Crippen LogP contribution in [-0.4, -0.2) is 15.7 Å². The number of hydrogen-bond acceptors (Lipinski definition) is 3. The quantitative estimate of drug-likeness (QED) is 0.848. The van der Waals surface area contributed by atoms with E-state index < -0.39 is 11.7 Å². The van der Waals surface area contributed by atoms with E-state index in [1.165, 1.54) is 23.0 Å². The predicted octanol–water partition coefficient (Wildman–Crippen LogP) is 1.35. The van der Waals surface area contributed by atoms with Gasteiger partial charge in [0.15, 0.2) is 5.82 Å². The molecule has 0 spiro atoms.